The molecule has 0 spiro atoms. The van der Waals surface area contributed by atoms with E-state index in [4.69, 9.17) is 10.7 Å². The molecular formula is C25H17N5. The Hall–Kier alpha value is -4.30. The van der Waals surface area contributed by atoms with Crippen LogP contribution in [0.4, 0.5) is 0 Å². The van der Waals surface area contributed by atoms with Crippen LogP contribution in [0, 0.1) is 11.3 Å². The van der Waals surface area contributed by atoms with Gasteiger partial charge in [-0.15, -0.1) is 0 Å². The zero-order valence-electron chi connectivity index (χ0n) is 16.0. The Morgan fingerprint density at radius 3 is 2.47 bits per heavy atom. The summed E-state index contributed by atoms with van der Waals surface area (Å²) < 4.78 is 0. The first-order chi connectivity index (χ1) is 14.7. The molecule has 2 aromatic heterocycles. The third-order valence-electron chi connectivity index (χ3n) is 5.46. The number of benzene rings is 2. The van der Waals surface area contributed by atoms with Crippen LogP contribution >= 0.6 is 0 Å². The predicted octanol–water partition coefficient (Wildman–Crippen LogP) is 4.03. The Morgan fingerprint density at radius 1 is 0.800 bits per heavy atom. The lowest BCUT2D eigenvalue weighted by Crippen LogP contribution is -2.25. The maximum Gasteiger partial charge on any atom is 0.139 e. The standard InChI is InChI=1S/C25H17N5/c26-14-17-12-19(16-29-15-17)18-4-3-5-21(13-18)25(20-8-10-28-11-9-20)23-7-2-1-6-22(23)24(27)30-25/h1-13,15-16H,(H2,27,30). The van der Waals surface area contributed by atoms with Crippen LogP contribution in [-0.2, 0) is 5.54 Å². The Bertz CT molecular complexity index is 1320. The molecule has 5 heteroatoms. The van der Waals surface area contributed by atoms with Crippen molar-refractivity contribution in [2.24, 2.45) is 10.7 Å². The van der Waals surface area contributed by atoms with Gasteiger partial charge in [-0.3, -0.25) is 9.97 Å². The van der Waals surface area contributed by atoms with Gasteiger partial charge in [-0.05, 0) is 46.5 Å². The van der Waals surface area contributed by atoms with Gasteiger partial charge in [0, 0.05) is 35.9 Å². The highest BCUT2D eigenvalue weighted by molar-refractivity contribution is 6.03. The van der Waals surface area contributed by atoms with E-state index in [0.717, 1.165) is 33.4 Å². The molecule has 30 heavy (non-hydrogen) atoms. The van der Waals surface area contributed by atoms with Gasteiger partial charge in [-0.1, -0.05) is 42.5 Å². The lowest BCUT2D eigenvalue weighted by atomic mass is 9.77. The average Bonchev–Trinajstić information content (AvgIpc) is 3.13. The summed E-state index contributed by atoms with van der Waals surface area (Å²) in [6.45, 7) is 0. The number of nitriles is 1. The Morgan fingerprint density at radius 2 is 1.63 bits per heavy atom. The van der Waals surface area contributed by atoms with E-state index in [2.05, 4.69) is 34.2 Å². The van der Waals surface area contributed by atoms with E-state index in [9.17, 15) is 5.26 Å². The Balaban J connectivity index is 1.77. The van der Waals surface area contributed by atoms with E-state index in [1.54, 1.807) is 24.8 Å². The van der Waals surface area contributed by atoms with Gasteiger partial charge in [0.25, 0.3) is 0 Å². The highest BCUT2D eigenvalue weighted by Crippen LogP contribution is 2.46. The highest BCUT2D eigenvalue weighted by atomic mass is 15.0. The maximum absolute atomic E-state index is 9.24. The molecule has 1 aliphatic heterocycles. The van der Waals surface area contributed by atoms with Crippen LogP contribution in [0.15, 0.2) is 96.5 Å². The summed E-state index contributed by atoms with van der Waals surface area (Å²) in [7, 11) is 0. The summed E-state index contributed by atoms with van der Waals surface area (Å²) in [6, 6.07) is 24.2. The molecule has 0 saturated heterocycles. The number of amidine groups is 1. The third kappa shape index (κ3) is 2.66. The summed E-state index contributed by atoms with van der Waals surface area (Å²) in [5, 5.41) is 9.24. The lowest BCUT2D eigenvalue weighted by Gasteiger charge is -2.29. The molecule has 5 rings (SSSR count). The smallest absolute Gasteiger partial charge is 0.139 e. The van der Waals surface area contributed by atoms with E-state index in [-0.39, 0.29) is 0 Å². The van der Waals surface area contributed by atoms with Crippen molar-refractivity contribution in [1.82, 2.24) is 9.97 Å². The average molecular weight is 387 g/mol. The number of pyridine rings is 2. The number of hydrogen-bond donors (Lipinski definition) is 1. The largest absolute Gasteiger partial charge is 0.383 e. The molecule has 0 aliphatic carbocycles. The maximum atomic E-state index is 9.24. The van der Waals surface area contributed by atoms with Crippen LogP contribution in [0.2, 0.25) is 0 Å². The summed E-state index contributed by atoms with van der Waals surface area (Å²) in [4.78, 5) is 13.4. The molecule has 0 radical (unpaired) electrons. The van der Waals surface area contributed by atoms with Gasteiger partial charge in [0.15, 0.2) is 0 Å². The van der Waals surface area contributed by atoms with Crippen LogP contribution in [0.3, 0.4) is 0 Å². The van der Waals surface area contributed by atoms with Gasteiger partial charge in [0.2, 0.25) is 0 Å². The Labute approximate surface area is 174 Å². The van der Waals surface area contributed by atoms with Crippen LogP contribution in [0.5, 0.6) is 0 Å². The fourth-order valence-corrected chi connectivity index (χ4v) is 4.11. The first-order valence-corrected chi connectivity index (χ1v) is 9.54. The van der Waals surface area contributed by atoms with E-state index in [1.807, 2.05) is 48.5 Å². The molecular weight excluding hydrogens is 370 g/mol. The minimum Gasteiger partial charge on any atom is -0.383 e. The second-order valence-electron chi connectivity index (χ2n) is 7.14. The van der Waals surface area contributed by atoms with Gasteiger partial charge in [0.05, 0.1) is 5.56 Å². The van der Waals surface area contributed by atoms with Gasteiger partial charge in [0.1, 0.15) is 17.4 Å². The molecule has 1 unspecified atom stereocenters. The number of nitrogens with two attached hydrogens (primary N) is 1. The molecule has 0 bridgehead atoms. The molecule has 4 aromatic rings. The lowest BCUT2D eigenvalue weighted by molar-refractivity contribution is 0.670. The van der Waals surface area contributed by atoms with E-state index in [0.29, 0.717) is 11.4 Å². The van der Waals surface area contributed by atoms with Crippen molar-refractivity contribution in [3.05, 3.63) is 119 Å². The van der Waals surface area contributed by atoms with Gasteiger partial charge in [-0.2, -0.15) is 5.26 Å². The number of hydrogen-bond acceptors (Lipinski definition) is 5. The molecule has 2 N–H and O–H groups in total. The summed E-state index contributed by atoms with van der Waals surface area (Å²) in [5.74, 6) is 0.515. The number of aliphatic imine (C=N–C) groups is 1. The molecule has 142 valence electrons. The van der Waals surface area contributed by atoms with Crippen LogP contribution in [0.1, 0.15) is 27.8 Å². The summed E-state index contributed by atoms with van der Waals surface area (Å²) in [5.41, 5.74) is 11.9. The number of aromatic nitrogens is 2. The SMILES string of the molecule is N#Cc1cncc(-c2cccc(C3(c4ccncc4)N=C(N)c4ccccc43)c2)c1. The van der Waals surface area contributed by atoms with Crippen molar-refractivity contribution in [3.63, 3.8) is 0 Å². The zero-order valence-corrected chi connectivity index (χ0v) is 16.0. The van der Waals surface area contributed by atoms with E-state index in [1.165, 1.54) is 0 Å². The van der Waals surface area contributed by atoms with Crippen LogP contribution in [0.25, 0.3) is 11.1 Å². The quantitative estimate of drug-likeness (QED) is 0.575. The fraction of sp³-hybridized carbons (Fsp3) is 0.0400. The van der Waals surface area contributed by atoms with Gasteiger partial charge < -0.3 is 5.73 Å². The molecule has 2 aromatic carbocycles. The molecule has 0 fully saturated rings. The molecule has 1 atom stereocenters. The minimum absolute atomic E-state index is 0.515. The number of fused-ring (bicyclic) bond motifs is 1. The molecule has 5 nitrogen and oxygen atoms in total. The minimum atomic E-state index is -0.764. The van der Waals surface area contributed by atoms with Crippen LogP contribution in [-0.4, -0.2) is 15.8 Å². The van der Waals surface area contributed by atoms with Gasteiger partial charge in [-0.25, -0.2) is 4.99 Å². The molecule has 3 heterocycles. The van der Waals surface area contributed by atoms with Crippen LogP contribution < -0.4 is 5.73 Å². The van der Waals surface area contributed by atoms with E-state index < -0.39 is 5.54 Å². The van der Waals surface area contributed by atoms with Crippen molar-refractivity contribution in [1.29, 1.82) is 5.26 Å². The molecule has 1 aliphatic rings. The third-order valence-corrected chi connectivity index (χ3v) is 5.46. The topological polar surface area (TPSA) is 88.0 Å². The monoisotopic (exact) mass is 387 g/mol. The number of rotatable bonds is 3. The molecule has 0 amide bonds. The highest BCUT2D eigenvalue weighted by Gasteiger charge is 2.42. The first-order valence-electron chi connectivity index (χ1n) is 9.54. The fourth-order valence-electron chi connectivity index (χ4n) is 4.11. The normalized spacial score (nSPS) is 17.1. The second kappa shape index (κ2) is 6.94. The van der Waals surface area contributed by atoms with Crippen molar-refractivity contribution >= 4 is 5.84 Å². The number of nitrogens with zero attached hydrogens (tertiary/aromatic N) is 4. The van der Waals surface area contributed by atoms with Crippen molar-refractivity contribution in [2.45, 2.75) is 5.54 Å². The zero-order chi connectivity index (χ0) is 20.6. The Kier molecular flexibility index (Phi) is 4.11. The van der Waals surface area contributed by atoms with Gasteiger partial charge >= 0.3 is 0 Å². The van der Waals surface area contributed by atoms with Crippen molar-refractivity contribution in [3.8, 4) is 17.2 Å². The summed E-state index contributed by atoms with van der Waals surface area (Å²) in [6.07, 6.45) is 6.87. The first kappa shape index (κ1) is 17.8. The summed E-state index contributed by atoms with van der Waals surface area (Å²) >= 11 is 0. The molecule has 0 saturated carbocycles. The predicted molar refractivity (Wildman–Crippen MR) is 116 cm³/mol. The van der Waals surface area contributed by atoms with E-state index >= 15 is 0 Å². The second-order valence-corrected chi connectivity index (χ2v) is 7.14. The van der Waals surface area contributed by atoms with Crippen molar-refractivity contribution in [2.75, 3.05) is 0 Å². The van der Waals surface area contributed by atoms with Crippen molar-refractivity contribution < 1.29 is 0 Å².